The number of carbonyl (C=O) groups is 3. The van der Waals surface area contributed by atoms with E-state index >= 15 is 0 Å². The summed E-state index contributed by atoms with van der Waals surface area (Å²) >= 11 is 0. The van der Waals surface area contributed by atoms with Crippen molar-refractivity contribution >= 4 is 38.6 Å². The van der Waals surface area contributed by atoms with E-state index in [1.165, 1.54) is 5.01 Å². The summed E-state index contributed by atoms with van der Waals surface area (Å²) in [6.07, 6.45) is 7.11. The van der Waals surface area contributed by atoms with Crippen LogP contribution in [0, 0.1) is 17.8 Å². The number of hydrogen-bond acceptors (Lipinski definition) is 9. The summed E-state index contributed by atoms with van der Waals surface area (Å²) in [4.78, 5) is 46.4. The van der Waals surface area contributed by atoms with Crippen molar-refractivity contribution in [2.45, 2.75) is 68.3 Å². The maximum absolute atomic E-state index is 14.1. The van der Waals surface area contributed by atoms with Gasteiger partial charge in [-0.25, -0.2) is 19.2 Å². The second-order valence-corrected chi connectivity index (χ2v) is 15.5. The van der Waals surface area contributed by atoms with Crippen LogP contribution in [0.5, 0.6) is 11.5 Å². The molecule has 12 nitrogen and oxygen atoms in total. The first kappa shape index (κ1) is 33.0. The Balaban J connectivity index is 1.19. The van der Waals surface area contributed by atoms with E-state index in [2.05, 4.69) is 10.0 Å². The van der Waals surface area contributed by atoms with Gasteiger partial charge >= 0.3 is 0 Å². The van der Waals surface area contributed by atoms with E-state index in [4.69, 9.17) is 20.3 Å². The SMILES string of the molecule is COc1ccc2c(OC3CC4C(=O)NC5(C(=O)NS(=O)(=O)C6CC6)CC5/C=C/CCCCN(N)C(=O)C4C3)cc(-c3ccccc3)nc2c1. The number of fused-ring (bicyclic) bond motifs is 3. The third-order valence-electron chi connectivity index (χ3n) is 10.2. The molecule has 3 amide bonds. The second kappa shape index (κ2) is 13.1. The zero-order valence-electron chi connectivity index (χ0n) is 27.3. The minimum Gasteiger partial charge on any atom is -0.497 e. The lowest BCUT2D eigenvalue weighted by Gasteiger charge is -2.26. The summed E-state index contributed by atoms with van der Waals surface area (Å²) in [7, 11) is -2.24. The Morgan fingerprint density at radius 2 is 1.84 bits per heavy atom. The molecule has 3 fully saturated rings. The zero-order chi connectivity index (χ0) is 34.3. The van der Waals surface area contributed by atoms with Crippen molar-refractivity contribution in [1.82, 2.24) is 20.0 Å². The Morgan fingerprint density at radius 3 is 2.59 bits per heavy atom. The fourth-order valence-electron chi connectivity index (χ4n) is 7.09. The first-order chi connectivity index (χ1) is 23.6. The Morgan fingerprint density at radius 1 is 1.06 bits per heavy atom. The Hall–Kier alpha value is -4.49. The Kier molecular flexibility index (Phi) is 8.82. The van der Waals surface area contributed by atoms with Crippen LogP contribution in [0.1, 0.15) is 51.4 Å². The van der Waals surface area contributed by atoms with Gasteiger partial charge in [-0.15, -0.1) is 0 Å². The number of benzene rings is 2. The average Bonchev–Trinajstić information content (AvgIpc) is 4.02. The van der Waals surface area contributed by atoms with Gasteiger partial charge in [-0.05, 0) is 63.5 Å². The number of methoxy groups -OCH3 is 1. The van der Waals surface area contributed by atoms with Gasteiger partial charge in [0.05, 0.1) is 35.4 Å². The van der Waals surface area contributed by atoms with Gasteiger partial charge in [-0.2, -0.15) is 0 Å². The van der Waals surface area contributed by atoms with E-state index in [0.29, 0.717) is 54.9 Å². The first-order valence-corrected chi connectivity index (χ1v) is 18.4. The quantitative estimate of drug-likeness (QED) is 0.191. The van der Waals surface area contributed by atoms with Crippen LogP contribution in [0.25, 0.3) is 22.2 Å². The molecule has 49 heavy (non-hydrogen) atoms. The van der Waals surface area contributed by atoms with Gasteiger partial charge in [0, 0.05) is 35.5 Å². The molecule has 5 unspecified atom stereocenters. The fraction of sp³-hybridized carbons (Fsp3) is 0.444. The van der Waals surface area contributed by atoms with Crippen LogP contribution in [-0.4, -0.2) is 66.7 Å². The predicted octanol–water partition coefficient (Wildman–Crippen LogP) is 3.61. The van der Waals surface area contributed by atoms with Gasteiger partial charge in [0.25, 0.3) is 5.91 Å². The summed E-state index contributed by atoms with van der Waals surface area (Å²) in [5.74, 6) is 3.83. The summed E-state index contributed by atoms with van der Waals surface area (Å²) in [6.45, 7) is 0.342. The van der Waals surface area contributed by atoms with Crippen molar-refractivity contribution in [2.24, 2.45) is 23.6 Å². The molecule has 3 aliphatic carbocycles. The van der Waals surface area contributed by atoms with Gasteiger partial charge < -0.3 is 14.8 Å². The number of sulfonamides is 1. The molecular weight excluding hydrogens is 646 g/mol. The third kappa shape index (κ3) is 6.73. The van der Waals surface area contributed by atoms with Crippen LogP contribution in [-0.2, 0) is 24.4 Å². The van der Waals surface area contributed by atoms with Crippen LogP contribution < -0.4 is 25.4 Å². The highest BCUT2D eigenvalue weighted by atomic mass is 32.2. The molecule has 0 spiro atoms. The van der Waals surface area contributed by atoms with Gasteiger partial charge in [0.15, 0.2) is 0 Å². The van der Waals surface area contributed by atoms with Crippen molar-refractivity contribution in [2.75, 3.05) is 13.7 Å². The van der Waals surface area contributed by atoms with Crippen LogP contribution in [0.2, 0.25) is 0 Å². The zero-order valence-corrected chi connectivity index (χ0v) is 28.2. The first-order valence-electron chi connectivity index (χ1n) is 16.9. The van der Waals surface area contributed by atoms with Crippen molar-refractivity contribution < 1.29 is 32.3 Å². The van der Waals surface area contributed by atoms with Crippen molar-refractivity contribution in [3.05, 3.63) is 66.7 Å². The highest BCUT2D eigenvalue weighted by Gasteiger charge is 2.62. The standard InChI is InChI=1S/C36H41N5O7S/c1-47-24-12-15-27-31(19-24)38-30(22-9-5-4-6-10-22)20-32(27)48-25-17-28-29(18-25)34(43)41(37)16-8-3-2-7-11-23-21-36(23,39-33(28)42)35(44)40-49(45,46)26-13-14-26/h4-7,9-12,15,19-20,23,25-26,28-29H,2-3,8,13-14,16-18,21,37H2,1H3,(H,39,42)(H,40,44)/b11-7+. The maximum Gasteiger partial charge on any atom is 0.259 e. The number of hydrogen-bond donors (Lipinski definition) is 3. The van der Waals surface area contributed by atoms with Crippen LogP contribution in [0.15, 0.2) is 66.7 Å². The molecule has 0 saturated heterocycles. The molecule has 4 aliphatic rings. The molecule has 4 N–H and O–H groups in total. The van der Waals surface area contributed by atoms with E-state index in [1.54, 1.807) is 7.11 Å². The molecule has 2 aromatic carbocycles. The maximum atomic E-state index is 14.1. The third-order valence-corrected chi connectivity index (χ3v) is 12.0. The van der Waals surface area contributed by atoms with E-state index in [9.17, 15) is 22.8 Å². The number of aromatic nitrogens is 1. The highest BCUT2D eigenvalue weighted by Crippen LogP contribution is 2.47. The number of nitrogens with zero attached hydrogens (tertiary/aromatic N) is 2. The van der Waals surface area contributed by atoms with Gasteiger partial charge in [-0.1, -0.05) is 42.5 Å². The molecule has 1 aromatic heterocycles. The summed E-state index contributed by atoms with van der Waals surface area (Å²) in [5.41, 5.74) is 0.831. The minimum atomic E-state index is -3.83. The van der Waals surface area contributed by atoms with Gasteiger partial charge in [0.2, 0.25) is 21.8 Å². The van der Waals surface area contributed by atoms with E-state index in [1.807, 2.05) is 66.7 Å². The molecule has 5 atom stereocenters. The number of ether oxygens (including phenoxy) is 2. The number of allylic oxidation sites excluding steroid dienone is 1. The molecule has 3 aromatic rings. The van der Waals surface area contributed by atoms with Crippen molar-refractivity contribution in [3.8, 4) is 22.8 Å². The number of amides is 3. The Labute approximate surface area is 285 Å². The molecule has 0 bridgehead atoms. The largest absolute Gasteiger partial charge is 0.497 e. The number of nitrogens with two attached hydrogens (primary N) is 1. The number of hydrazine groups is 1. The van der Waals surface area contributed by atoms with Gasteiger partial charge in [0.1, 0.15) is 23.1 Å². The average molecular weight is 688 g/mol. The van der Waals surface area contributed by atoms with Crippen LogP contribution in [0.3, 0.4) is 0 Å². The van der Waals surface area contributed by atoms with Crippen molar-refractivity contribution in [3.63, 3.8) is 0 Å². The monoisotopic (exact) mass is 687 g/mol. The smallest absolute Gasteiger partial charge is 0.259 e. The van der Waals surface area contributed by atoms with Crippen molar-refractivity contribution in [1.29, 1.82) is 0 Å². The normalized spacial score (nSPS) is 28.1. The topological polar surface area (TPSA) is 170 Å². The molecule has 258 valence electrons. The summed E-state index contributed by atoms with van der Waals surface area (Å²) < 4.78 is 39.8. The minimum absolute atomic E-state index is 0.190. The predicted molar refractivity (Wildman–Crippen MR) is 182 cm³/mol. The lowest BCUT2D eigenvalue weighted by Crippen LogP contribution is -2.54. The second-order valence-electron chi connectivity index (χ2n) is 13.6. The number of nitrogens with one attached hydrogen (secondary N) is 2. The molecule has 1 aliphatic heterocycles. The van der Waals surface area contributed by atoms with Crippen LogP contribution in [0.4, 0.5) is 0 Å². The lowest BCUT2D eigenvalue weighted by atomic mass is 9.93. The van der Waals surface area contributed by atoms with E-state index in [-0.39, 0.29) is 31.1 Å². The lowest BCUT2D eigenvalue weighted by molar-refractivity contribution is -0.142. The molecule has 0 radical (unpaired) electrons. The number of pyridine rings is 1. The van der Waals surface area contributed by atoms with E-state index < -0.39 is 50.6 Å². The number of carbonyl (C=O) groups excluding carboxylic acids is 3. The highest BCUT2D eigenvalue weighted by molar-refractivity contribution is 7.91. The molecule has 7 rings (SSSR count). The van der Waals surface area contributed by atoms with Gasteiger partial charge in [-0.3, -0.25) is 24.1 Å². The fourth-order valence-corrected chi connectivity index (χ4v) is 8.46. The van der Waals surface area contributed by atoms with E-state index in [0.717, 1.165) is 17.4 Å². The summed E-state index contributed by atoms with van der Waals surface area (Å²) in [5, 5.41) is 4.25. The molecular formula is C36H41N5O7S. The molecule has 13 heteroatoms. The molecule has 2 heterocycles. The van der Waals surface area contributed by atoms with Crippen LogP contribution >= 0.6 is 0 Å². The molecule has 3 saturated carbocycles. The summed E-state index contributed by atoms with van der Waals surface area (Å²) in [6, 6.07) is 17.1. The number of rotatable bonds is 7. The Bertz CT molecular complexity index is 1920.